The number of para-hydroxylation sites is 1. The lowest BCUT2D eigenvalue weighted by Crippen LogP contribution is -2.13. The van der Waals surface area contributed by atoms with Gasteiger partial charge in [0.15, 0.2) is 0 Å². The van der Waals surface area contributed by atoms with Gasteiger partial charge in [-0.1, -0.05) is 48.5 Å². The summed E-state index contributed by atoms with van der Waals surface area (Å²) in [5.41, 5.74) is 6.13. The first-order valence-electron chi connectivity index (χ1n) is 10.5. The quantitative estimate of drug-likeness (QED) is 0.451. The van der Waals surface area contributed by atoms with E-state index in [-0.39, 0.29) is 0 Å². The largest absolute Gasteiger partial charge is 0.475 e. The van der Waals surface area contributed by atoms with Crippen molar-refractivity contribution in [1.82, 2.24) is 14.8 Å². The van der Waals surface area contributed by atoms with E-state index in [0.717, 1.165) is 28.7 Å². The molecular formula is C25H26N4O3. The number of hydrogen-bond donors (Lipinski definition) is 1. The molecule has 0 fully saturated rings. The van der Waals surface area contributed by atoms with Gasteiger partial charge in [0.1, 0.15) is 5.52 Å². The maximum atomic E-state index is 11.6. The fourth-order valence-electron chi connectivity index (χ4n) is 3.80. The summed E-state index contributed by atoms with van der Waals surface area (Å²) in [4.78, 5) is 11.6. The second-order valence-electron chi connectivity index (χ2n) is 7.57. The summed E-state index contributed by atoms with van der Waals surface area (Å²) in [5.74, 6) is 0.507. The highest BCUT2D eigenvalue weighted by Gasteiger charge is 2.17. The van der Waals surface area contributed by atoms with Crippen LogP contribution in [-0.4, -0.2) is 34.6 Å². The molecule has 0 spiro atoms. The highest BCUT2D eigenvalue weighted by atomic mass is 16.5. The Kier molecular flexibility index (Phi) is 6.35. The minimum atomic E-state index is -0.501. The predicted molar refractivity (Wildman–Crippen MR) is 124 cm³/mol. The molecule has 0 bridgehead atoms. The maximum Gasteiger partial charge on any atom is 0.411 e. The van der Waals surface area contributed by atoms with Gasteiger partial charge in [-0.05, 0) is 36.6 Å². The Hall–Kier alpha value is -3.87. The molecule has 0 saturated heterocycles. The van der Waals surface area contributed by atoms with Crippen molar-refractivity contribution in [3.63, 3.8) is 0 Å². The summed E-state index contributed by atoms with van der Waals surface area (Å²) in [5, 5.41) is 12.2. The van der Waals surface area contributed by atoms with Crippen LogP contribution in [0.25, 0.3) is 10.9 Å². The number of nitrogens with zero attached hydrogens (tertiary/aromatic N) is 3. The third kappa shape index (κ3) is 4.42. The van der Waals surface area contributed by atoms with Gasteiger partial charge in [-0.15, -0.1) is 5.10 Å². The Morgan fingerprint density at radius 2 is 1.81 bits per heavy atom. The van der Waals surface area contributed by atoms with E-state index in [4.69, 9.17) is 9.47 Å². The van der Waals surface area contributed by atoms with Crippen LogP contribution in [0.1, 0.15) is 22.4 Å². The van der Waals surface area contributed by atoms with Crippen LogP contribution in [0.3, 0.4) is 0 Å². The van der Waals surface area contributed by atoms with Gasteiger partial charge in [0.25, 0.3) is 5.88 Å². The average Bonchev–Trinajstić information content (AvgIpc) is 3.06. The molecule has 0 atom stereocenters. The highest BCUT2D eigenvalue weighted by Crippen LogP contribution is 2.31. The molecule has 4 aromatic rings. The summed E-state index contributed by atoms with van der Waals surface area (Å²) in [6.45, 7) is 5.32. The molecule has 2 aromatic heterocycles. The van der Waals surface area contributed by atoms with Crippen molar-refractivity contribution in [3.05, 3.63) is 83.2 Å². The van der Waals surface area contributed by atoms with Crippen LogP contribution in [0.15, 0.2) is 60.8 Å². The van der Waals surface area contributed by atoms with Crippen LogP contribution in [0, 0.1) is 13.8 Å². The summed E-state index contributed by atoms with van der Waals surface area (Å²) in [6, 6.07) is 17.9. The summed E-state index contributed by atoms with van der Waals surface area (Å²) in [7, 11) is 1.34. The van der Waals surface area contributed by atoms with Gasteiger partial charge in [0, 0.05) is 29.7 Å². The Bertz CT molecular complexity index is 1230. The molecule has 164 valence electrons. The first-order chi connectivity index (χ1) is 15.6. The van der Waals surface area contributed by atoms with Crippen molar-refractivity contribution in [2.24, 2.45) is 0 Å². The Morgan fingerprint density at radius 1 is 1.06 bits per heavy atom. The molecule has 7 nitrogen and oxygen atoms in total. The molecule has 0 unspecified atom stereocenters. The van der Waals surface area contributed by atoms with E-state index in [1.165, 1.54) is 18.2 Å². The molecule has 0 radical (unpaired) electrons. The zero-order valence-corrected chi connectivity index (χ0v) is 18.5. The fourth-order valence-corrected chi connectivity index (χ4v) is 3.80. The molecule has 1 N–H and O–H groups in total. The van der Waals surface area contributed by atoms with Crippen LogP contribution in [0.4, 0.5) is 10.5 Å². The van der Waals surface area contributed by atoms with E-state index in [0.29, 0.717) is 24.6 Å². The van der Waals surface area contributed by atoms with Gasteiger partial charge in [0.2, 0.25) is 0 Å². The number of aromatic nitrogens is 3. The number of benzene rings is 2. The number of rotatable bonds is 7. The standard InChI is InChI=1S/C25H26N4O3/c1-17-18(2)29(16-19-9-5-4-6-10-19)23-21(17)15-26-28-24(23)32-14-13-20-11-7-8-12-22(20)27-25(30)31-3/h4-12,15H,13-14,16H2,1-3H3,(H,27,30). The first kappa shape index (κ1) is 21.4. The Balaban J connectivity index is 1.58. The lowest BCUT2D eigenvalue weighted by molar-refractivity contribution is 0.187. The molecule has 32 heavy (non-hydrogen) atoms. The number of carbonyl (C=O) groups excluding carboxylic acids is 1. The number of methoxy groups -OCH3 is 1. The third-order valence-electron chi connectivity index (χ3n) is 5.65. The van der Waals surface area contributed by atoms with E-state index in [2.05, 4.69) is 46.1 Å². The lowest BCUT2D eigenvalue weighted by Gasteiger charge is -2.13. The summed E-state index contributed by atoms with van der Waals surface area (Å²) < 4.78 is 13.1. The second kappa shape index (κ2) is 9.51. The number of fused-ring (bicyclic) bond motifs is 1. The van der Waals surface area contributed by atoms with E-state index in [1.54, 1.807) is 6.20 Å². The Labute approximate surface area is 187 Å². The zero-order chi connectivity index (χ0) is 22.5. The van der Waals surface area contributed by atoms with Gasteiger partial charge < -0.3 is 14.0 Å². The van der Waals surface area contributed by atoms with E-state index in [1.807, 2.05) is 42.5 Å². The lowest BCUT2D eigenvalue weighted by atomic mass is 10.1. The van der Waals surface area contributed by atoms with Crippen LogP contribution < -0.4 is 10.1 Å². The van der Waals surface area contributed by atoms with Crippen LogP contribution in [-0.2, 0) is 17.7 Å². The van der Waals surface area contributed by atoms with Gasteiger partial charge >= 0.3 is 6.09 Å². The topological polar surface area (TPSA) is 78.3 Å². The van der Waals surface area contributed by atoms with Gasteiger partial charge in [-0.3, -0.25) is 5.32 Å². The minimum Gasteiger partial charge on any atom is -0.475 e. The van der Waals surface area contributed by atoms with Crippen molar-refractivity contribution >= 4 is 22.7 Å². The predicted octanol–water partition coefficient (Wildman–Crippen LogP) is 4.90. The molecule has 0 saturated carbocycles. The van der Waals surface area contributed by atoms with Crippen LogP contribution >= 0.6 is 0 Å². The van der Waals surface area contributed by atoms with Crippen molar-refractivity contribution in [3.8, 4) is 5.88 Å². The Morgan fingerprint density at radius 3 is 2.59 bits per heavy atom. The van der Waals surface area contributed by atoms with E-state index in [9.17, 15) is 4.79 Å². The van der Waals surface area contributed by atoms with Gasteiger partial charge in [-0.2, -0.15) is 5.10 Å². The first-order valence-corrected chi connectivity index (χ1v) is 10.5. The number of anilines is 1. The number of carbonyl (C=O) groups is 1. The molecule has 4 rings (SSSR count). The van der Waals surface area contributed by atoms with Crippen LogP contribution in [0.5, 0.6) is 5.88 Å². The molecular weight excluding hydrogens is 404 g/mol. The number of ether oxygens (including phenoxy) is 2. The maximum absolute atomic E-state index is 11.6. The van der Waals surface area contributed by atoms with E-state index < -0.39 is 6.09 Å². The number of hydrogen-bond acceptors (Lipinski definition) is 5. The minimum absolute atomic E-state index is 0.391. The zero-order valence-electron chi connectivity index (χ0n) is 18.5. The monoisotopic (exact) mass is 430 g/mol. The summed E-state index contributed by atoms with van der Waals surface area (Å²) in [6.07, 6.45) is 1.88. The van der Waals surface area contributed by atoms with Gasteiger partial charge in [-0.25, -0.2) is 4.79 Å². The summed E-state index contributed by atoms with van der Waals surface area (Å²) >= 11 is 0. The van der Waals surface area contributed by atoms with Crippen molar-refractivity contribution < 1.29 is 14.3 Å². The smallest absolute Gasteiger partial charge is 0.411 e. The molecule has 0 aliphatic carbocycles. The number of aryl methyl sites for hydroxylation is 1. The van der Waals surface area contributed by atoms with E-state index >= 15 is 0 Å². The average molecular weight is 431 g/mol. The molecule has 2 aromatic carbocycles. The normalized spacial score (nSPS) is 10.8. The third-order valence-corrected chi connectivity index (χ3v) is 5.65. The fraction of sp³-hybridized carbons (Fsp3) is 0.240. The SMILES string of the molecule is COC(=O)Nc1ccccc1CCOc1nncc2c(C)c(C)n(Cc3ccccc3)c12. The van der Waals surface area contributed by atoms with Gasteiger partial charge in [0.05, 0.1) is 19.9 Å². The second-order valence-corrected chi connectivity index (χ2v) is 7.57. The number of amides is 1. The van der Waals surface area contributed by atoms with Crippen molar-refractivity contribution in [1.29, 1.82) is 0 Å². The van der Waals surface area contributed by atoms with Crippen LogP contribution in [0.2, 0.25) is 0 Å². The molecule has 7 heteroatoms. The molecule has 1 amide bonds. The number of nitrogens with one attached hydrogen (secondary N) is 1. The molecule has 0 aliphatic rings. The molecule has 0 aliphatic heterocycles. The highest BCUT2D eigenvalue weighted by molar-refractivity contribution is 5.88. The molecule has 2 heterocycles. The van der Waals surface area contributed by atoms with Crippen molar-refractivity contribution in [2.75, 3.05) is 19.0 Å². The van der Waals surface area contributed by atoms with Crippen molar-refractivity contribution in [2.45, 2.75) is 26.8 Å².